The molecule has 0 spiro atoms. The van der Waals surface area contributed by atoms with Crippen LogP contribution in [0.1, 0.15) is 39.5 Å². The van der Waals surface area contributed by atoms with E-state index in [1.54, 1.807) is 0 Å². The summed E-state index contributed by atoms with van der Waals surface area (Å²) in [5.74, 6) is 6.08. The first kappa shape index (κ1) is 11.6. The van der Waals surface area contributed by atoms with E-state index < -0.39 is 0 Å². The Balaban J connectivity index is 2.45. The second-order valence-corrected chi connectivity index (χ2v) is 4.08. The van der Waals surface area contributed by atoms with Crippen LogP contribution >= 0.6 is 0 Å². The maximum Gasteiger partial charge on any atom is 0.0221 e. The SMILES string of the molecule is CC#CCCN1C(C)CCCC1CN. The van der Waals surface area contributed by atoms with E-state index in [1.165, 1.54) is 19.3 Å². The molecular weight excluding hydrogens is 172 g/mol. The van der Waals surface area contributed by atoms with Crippen molar-refractivity contribution < 1.29 is 0 Å². The van der Waals surface area contributed by atoms with E-state index in [4.69, 9.17) is 5.73 Å². The summed E-state index contributed by atoms with van der Waals surface area (Å²) in [5, 5.41) is 0. The van der Waals surface area contributed by atoms with Gasteiger partial charge in [-0.25, -0.2) is 0 Å². The van der Waals surface area contributed by atoms with Crippen LogP contribution in [0.3, 0.4) is 0 Å². The fourth-order valence-electron chi connectivity index (χ4n) is 2.31. The van der Waals surface area contributed by atoms with Gasteiger partial charge in [-0.05, 0) is 26.7 Å². The molecule has 2 nitrogen and oxygen atoms in total. The van der Waals surface area contributed by atoms with Crippen LogP contribution < -0.4 is 5.73 Å². The van der Waals surface area contributed by atoms with Crippen LogP contribution in [-0.4, -0.2) is 30.1 Å². The van der Waals surface area contributed by atoms with E-state index in [2.05, 4.69) is 23.7 Å². The number of hydrogen-bond donors (Lipinski definition) is 1. The van der Waals surface area contributed by atoms with Crippen LogP contribution in [0, 0.1) is 11.8 Å². The highest BCUT2D eigenvalue weighted by Crippen LogP contribution is 2.21. The second-order valence-electron chi connectivity index (χ2n) is 4.08. The van der Waals surface area contributed by atoms with Crippen LogP contribution in [0.25, 0.3) is 0 Å². The molecule has 80 valence electrons. The van der Waals surface area contributed by atoms with Crippen molar-refractivity contribution in [3.63, 3.8) is 0 Å². The molecule has 1 aliphatic rings. The molecule has 1 fully saturated rings. The Morgan fingerprint density at radius 2 is 2.21 bits per heavy atom. The molecule has 2 unspecified atom stereocenters. The molecular formula is C12H22N2. The molecule has 0 radical (unpaired) electrons. The van der Waals surface area contributed by atoms with Gasteiger partial charge in [0, 0.05) is 31.6 Å². The maximum absolute atomic E-state index is 5.78. The first-order valence-corrected chi connectivity index (χ1v) is 5.65. The van der Waals surface area contributed by atoms with E-state index in [9.17, 15) is 0 Å². The second kappa shape index (κ2) is 6.06. The minimum absolute atomic E-state index is 0.595. The first-order valence-electron chi connectivity index (χ1n) is 5.65. The van der Waals surface area contributed by atoms with Gasteiger partial charge < -0.3 is 5.73 Å². The van der Waals surface area contributed by atoms with Crippen LogP contribution in [0.15, 0.2) is 0 Å². The molecule has 2 atom stereocenters. The highest BCUT2D eigenvalue weighted by Gasteiger charge is 2.25. The van der Waals surface area contributed by atoms with Crippen LogP contribution in [0.5, 0.6) is 0 Å². The minimum Gasteiger partial charge on any atom is -0.329 e. The van der Waals surface area contributed by atoms with Crippen molar-refractivity contribution >= 4 is 0 Å². The summed E-state index contributed by atoms with van der Waals surface area (Å²) in [4.78, 5) is 2.54. The van der Waals surface area contributed by atoms with E-state index in [-0.39, 0.29) is 0 Å². The molecule has 2 N–H and O–H groups in total. The smallest absolute Gasteiger partial charge is 0.0221 e. The lowest BCUT2D eigenvalue weighted by Crippen LogP contribution is -2.49. The average Bonchev–Trinajstić information content (AvgIpc) is 2.20. The average molecular weight is 194 g/mol. The van der Waals surface area contributed by atoms with Gasteiger partial charge in [-0.2, -0.15) is 0 Å². The highest BCUT2D eigenvalue weighted by atomic mass is 15.2. The molecule has 0 aliphatic carbocycles. The predicted octanol–water partition coefficient (Wildman–Crippen LogP) is 1.60. The lowest BCUT2D eigenvalue weighted by atomic mass is 9.96. The molecule has 0 aromatic carbocycles. The Kier molecular flexibility index (Phi) is 5.00. The van der Waals surface area contributed by atoms with Gasteiger partial charge in [-0.3, -0.25) is 4.90 Å². The number of piperidine rings is 1. The molecule has 1 rings (SSSR count). The van der Waals surface area contributed by atoms with Crippen LogP contribution in [0.2, 0.25) is 0 Å². The van der Waals surface area contributed by atoms with Gasteiger partial charge in [-0.1, -0.05) is 6.42 Å². The zero-order valence-electron chi connectivity index (χ0n) is 9.42. The Morgan fingerprint density at radius 1 is 1.43 bits per heavy atom. The molecule has 0 aromatic heterocycles. The van der Waals surface area contributed by atoms with Crippen molar-refractivity contribution in [2.45, 2.75) is 51.6 Å². The topological polar surface area (TPSA) is 29.3 Å². The normalized spacial score (nSPS) is 28.2. The monoisotopic (exact) mass is 194 g/mol. The van der Waals surface area contributed by atoms with Crippen LogP contribution in [0.4, 0.5) is 0 Å². The molecule has 0 amide bonds. The molecule has 2 heteroatoms. The number of nitrogens with zero attached hydrogens (tertiary/aromatic N) is 1. The number of hydrogen-bond acceptors (Lipinski definition) is 2. The lowest BCUT2D eigenvalue weighted by molar-refractivity contribution is 0.100. The standard InChI is InChI=1S/C12H22N2/c1-3-4-5-9-14-11(2)7-6-8-12(14)10-13/h11-12H,5-10,13H2,1-2H3. The third-order valence-corrected chi connectivity index (χ3v) is 3.14. The Hall–Kier alpha value is -0.520. The van der Waals surface area contributed by atoms with Crippen LogP contribution in [-0.2, 0) is 0 Å². The van der Waals surface area contributed by atoms with Crippen molar-refractivity contribution in [2.75, 3.05) is 13.1 Å². The summed E-state index contributed by atoms with van der Waals surface area (Å²) in [6, 6.07) is 1.29. The van der Waals surface area contributed by atoms with Gasteiger partial charge in [0.25, 0.3) is 0 Å². The van der Waals surface area contributed by atoms with Crippen molar-refractivity contribution in [1.29, 1.82) is 0 Å². The Labute approximate surface area is 87.8 Å². The fourth-order valence-corrected chi connectivity index (χ4v) is 2.31. The minimum atomic E-state index is 0.595. The third-order valence-electron chi connectivity index (χ3n) is 3.14. The Bertz CT molecular complexity index is 214. The third kappa shape index (κ3) is 3.01. The largest absolute Gasteiger partial charge is 0.329 e. The van der Waals surface area contributed by atoms with Gasteiger partial charge in [0.2, 0.25) is 0 Å². The molecule has 0 saturated carbocycles. The fraction of sp³-hybridized carbons (Fsp3) is 0.833. The first-order chi connectivity index (χ1) is 6.79. The zero-order valence-corrected chi connectivity index (χ0v) is 9.42. The number of nitrogens with two attached hydrogens (primary N) is 1. The molecule has 0 bridgehead atoms. The van der Waals surface area contributed by atoms with Gasteiger partial charge >= 0.3 is 0 Å². The van der Waals surface area contributed by atoms with Crippen molar-refractivity contribution in [2.24, 2.45) is 5.73 Å². The lowest BCUT2D eigenvalue weighted by Gasteiger charge is -2.39. The van der Waals surface area contributed by atoms with Gasteiger partial charge in [0.05, 0.1) is 0 Å². The van der Waals surface area contributed by atoms with Gasteiger partial charge in [-0.15, -0.1) is 11.8 Å². The van der Waals surface area contributed by atoms with Gasteiger partial charge in [0.15, 0.2) is 0 Å². The summed E-state index contributed by atoms with van der Waals surface area (Å²) in [7, 11) is 0. The molecule has 14 heavy (non-hydrogen) atoms. The maximum atomic E-state index is 5.78. The van der Waals surface area contributed by atoms with Crippen molar-refractivity contribution in [3.05, 3.63) is 0 Å². The number of rotatable bonds is 3. The van der Waals surface area contributed by atoms with E-state index in [1.807, 2.05) is 6.92 Å². The molecule has 1 saturated heterocycles. The summed E-state index contributed by atoms with van der Waals surface area (Å²) in [5.41, 5.74) is 5.78. The molecule has 1 heterocycles. The zero-order chi connectivity index (χ0) is 10.4. The summed E-state index contributed by atoms with van der Waals surface area (Å²) in [6.07, 6.45) is 4.90. The van der Waals surface area contributed by atoms with Gasteiger partial charge in [0.1, 0.15) is 0 Å². The predicted molar refractivity (Wildman–Crippen MR) is 60.9 cm³/mol. The van der Waals surface area contributed by atoms with Crippen molar-refractivity contribution in [3.8, 4) is 11.8 Å². The molecule has 0 aromatic rings. The Morgan fingerprint density at radius 3 is 2.86 bits per heavy atom. The highest BCUT2D eigenvalue weighted by molar-refractivity contribution is 4.96. The van der Waals surface area contributed by atoms with E-state index >= 15 is 0 Å². The van der Waals surface area contributed by atoms with E-state index in [0.29, 0.717) is 12.1 Å². The van der Waals surface area contributed by atoms with E-state index in [0.717, 1.165) is 19.5 Å². The molecule has 1 aliphatic heterocycles. The summed E-state index contributed by atoms with van der Waals surface area (Å²) < 4.78 is 0. The van der Waals surface area contributed by atoms with Crippen molar-refractivity contribution in [1.82, 2.24) is 4.90 Å². The summed E-state index contributed by atoms with van der Waals surface area (Å²) >= 11 is 0. The summed E-state index contributed by atoms with van der Waals surface area (Å²) in [6.45, 7) is 6.09. The quantitative estimate of drug-likeness (QED) is 0.691. The number of likely N-dealkylation sites (tertiary alicyclic amines) is 1.